The van der Waals surface area contributed by atoms with Crippen LogP contribution in [-0.2, 0) is 19.5 Å². The summed E-state index contributed by atoms with van der Waals surface area (Å²) in [5.74, 6) is 0.590. The molecule has 1 aliphatic rings. The predicted molar refractivity (Wildman–Crippen MR) is 130 cm³/mol. The minimum Gasteiger partial charge on any atom is -0.343 e. The highest BCUT2D eigenvalue weighted by Gasteiger charge is 2.19. The second-order valence-electron chi connectivity index (χ2n) is 8.38. The molecule has 0 bridgehead atoms. The van der Waals surface area contributed by atoms with Gasteiger partial charge in [-0.1, -0.05) is 12.1 Å². The van der Waals surface area contributed by atoms with Crippen molar-refractivity contribution in [1.82, 2.24) is 34.5 Å². The highest BCUT2D eigenvalue weighted by Crippen LogP contribution is 2.22. The molecule has 174 valence electrons. The van der Waals surface area contributed by atoms with Gasteiger partial charge in [0, 0.05) is 39.1 Å². The summed E-state index contributed by atoms with van der Waals surface area (Å²) in [5, 5.41) is 7.03. The van der Waals surface area contributed by atoms with E-state index in [1.165, 1.54) is 22.2 Å². The van der Waals surface area contributed by atoms with E-state index in [1.807, 2.05) is 13.0 Å². The van der Waals surface area contributed by atoms with Crippen LogP contribution in [-0.4, -0.2) is 55.8 Å². The summed E-state index contributed by atoms with van der Waals surface area (Å²) in [6.45, 7) is 4.10. The van der Waals surface area contributed by atoms with E-state index >= 15 is 0 Å². The number of fused-ring (bicyclic) bond motifs is 2. The lowest BCUT2D eigenvalue weighted by Gasteiger charge is -2.18. The summed E-state index contributed by atoms with van der Waals surface area (Å²) in [6, 6.07) is 11.4. The number of anilines is 2. The lowest BCUT2D eigenvalue weighted by molar-refractivity contribution is 0.0822. The van der Waals surface area contributed by atoms with Crippen LogP contribution in [0.15, 0.2) is 47.4 Å². The molecule has 0 saturated heterocycles. The van der Waals surface area contributed by atoms with Crippen LogP contribution in [0.2, 0.25) is 0 Å². The summed E-state index contributed by atoms with van der Waals surface area (Å²) >= 11 is 0. The van der Waals surface area contributed by atoms with E-state index in [4.69, 9.17) is 0 Å². The molecular weight excluding hydrogens is 432 g/mol. The van der Waals surface area contributed by atoms with E-state index in [0.29, 0.717) is 29.3 Å². The Morgan fingerprint density at radius 1 is 1.18 bits per heavy atom. The SMILES string of the molecule is CCn1c(=O)c2cnc(Nc3ccc4c(c3)CNCC4)nc2n1-c1cccc(C(=O)N(C)C)n1. The Kier molecular flexibility index (Phi) is 5.58. The minimum absolute atomic E-state index is 0.213. The molecule has 5 rings (SSSR count). The Labute approximate surface area is 196 Å². The number of amides is 1. The van der Waals surface area contributed by atoms with Gasteiger partial charge in [0.15, 0.2) is 11.5 Å². The van der Waals surface area contributed by atoms with Crippen LogP contribution in [0.3, 0.4) is 0 Å². The Morgan fingerprint density at radius 3 is 2.82 bits per heavy atom. The molecule has 2 N–H and O–H groups in total. The molecule has 0 radical (unpaired) electrons. The Morgan fingerprint density at radius 2 is 2.03 bits per heavy atom. The fourth-order valence-corrected chi connectivity index (χ4v) is 4.18. The van der Waals surface area contributed by atoms with Crippen molar-refractivity contribution in [2.24, 2.45) is 0 Å². The van der Waals surface area contributed by atoms with E-state index in [1.54, 1.807) is 41.7 Å². The number of pyridine rings is 1. The highest BCUT2D eigenvalue weighted by atomic mass is 16.2. The first kappa shape index (κ1) is 21.8. The van der Waals surface area contributed by atoms with Gasteiger partial charge in [0.1, 0.15) is 11.1 Å². The van der Waals surface area contributed by atoms with E-state index < -0.39 is 0 Å². The standard InChI is InChI=1S/C24H26N8O2/c1-4-31-22(33)18-14-26-24(27-17-9-8-15-10-11-25-13-16(15)12-17)29-21(18)32(31)20-7-5-6-19(28-20)23(34)30(2)3/h5-9,12,14,25H,4,10-11,13H2,1-3H3,(H,26,27,29). The molecule has 1 aromatic carbocycles. The average molecular weight is 459 g/mol. The summed E-state index contributed by atoms with van der Waals surface area (Å²) < 4.78 is 3.19. The zero-order valence-corrected chi connectivity index (χ0v) is 19.4. The van der Waals surface area contributed by atoms with Crippen LogP contribution in [0, 0.1) is 0 Å². The quantitative estimate of drug-likeness (QED) is 0.471. The predicted octanol–water partition coefficient (Wildman–Crippen LogP) is 2.09. The Bertz CT molecular complexity index is 1450. The number of nitrogens with one attached hydrogen (secondary N) is 2. The van der Waals surface area contributed by atoms with Crippen molar-refractivity contribution in [3.63, 3.8) is 0 Å². The highest BCUT2D eigenvalue weighted by molar-refractivity contribution is 5.92. The van der Waals surface area contributed by atoms with Crippen LogP contribution in [0.5, 0.6) is 0 Å². The first-order chi connectivity index (χ1) is 16.5. The maximum Gasteiger partial charge on any atom is 0.278 e. The molecule has 10 nitrogen and oxygen atoms in total. The van der Waals surface area contributed by atoms with Gasteiger partial charge >= 0.3 is 0 Å². The van der Waals surface area contributed by atoms with Crippen molar-refractivity contribution in [2.45, 2.75) is 26.4 Å². The van der Waals surface area contributed by atoms with Crippen LogP contribution in [0.1, 0.15) is 28.5 Å². The Balaban J connectivity index is 1.59. The van der Waals surface area contributed by atoms with E-state index in [2.05, 4.69) is 37.7 Å². The number of nitrogens with zero attached hydrogens (tertiary/aromatic N) is 6. The van der Waals surface area contributed by atoms with Crippen molar-refractivity contribution >= 4 is 28.6 Å². The number of carbonyl (C=O) groups is 1. The topological polar surface area (TPSA) is 110 Å². The molecular formula is C24H26N8O2. The summed E-state index contributed by atoms with van der Waals surface area (Å²) in [7, 11) is 3.34. The number of carbonyl (C=O) groups excluding carboxylic acids is 1. The molecule has 10 heteroatoms. The second kappa shape index (κ2) is 8.71. The number of benzene rings is 1. The third kappa shape index (κ3) is 3.81. The van der Waals surface area contributed by atoms with E-state index in [-0.39, 0.29) is 17.2 Å². The molecule has 1 aliphatic heterocycles. The lowest BCUT2D eigenvalue weighted by Crippen LogP contribution is -2.25. The molecule has 4 heterocycles. The zero-order valence-electron chi connectivity index (χ0n) is 19.4. The zero-order chi connectivity index (χ0) is 23.8. The molecule has 0 fully saturated rings. The minimum atomic E-state index is -0.220. The van der Waals surface area contributed by atoms with Crippen molar-refractivity contribution < 1.29 is 4.79 Å². The number of hydrogen-bond acceptors (Lipinski definition) is 7. The van der Waals surface area contributed by atoms with Gasteiger partial charge in [-0.3, -0.25) is 9.59 Å². The van der Waals surface area contributed by atoms with Crippen molar-refractivity contribution in [3.05, 3.63) is 69.8 Å². The summed E-state index contributed by atoms with van der Waals surface area (Å²) in [6.07, 6.45) is 2.54. The third-order valence-electron chi connectivity index (χ3n) is 5.90. The normalized spacial score (nSPS) is 13.0. The maximum atomic E-state index is 13.0. The molecule has 0 aliphatic carbocycles. The van der Waals surface area contributed by atoms with Gasteiger partial charge < -0.3 is 15.5 Å². The first-order valence-corrected chi connectivity index (χ1v) is 11.2. The molecule has 0 saturated carbocycles. The molecule has 34 heavy (non-hydrogen) atoms. The van der Waals surface area contributed by atoms with Crippen LogP contribution in [0.4, 0.5) is 11.6 Å². The number of rotatable bonds is 5. The monoisotopic (exact) mass is 458 g/mol. The van der Waals surface area contributed by atoms with Gasteiger partial charge in [-0.15, -0.1) is 0 Å². The molecule has 1 amide bonds. The van der Waals surface area contributed by atoms with Gasteiger partial charge in [0.2, 0.25) is 5.95 Å². The average Bonchev–Trinajstić information content (AvgIpc) is 3.14. The largest absolute Gasteiger partial charge is 0.343 e. The fourth-order valence-electron chi connectivity index (χ4n) is 4.18. The van der Waals surface area contributed by atoms with Crippen LogP contribution in [0.25, 0.3) is 16.9 Å². The first-order valence-electron chi connectivity index (χ1n) is 11.2. The maximum absolute atomic E-state index is 13.0. The second-order valence-corrected chi connectivity index (χ2v) is 8.38. The molecule has 0 unspecified atom stereocenters. The molecule has 4 aromatic rings. The molecule has 0 atom stereocenters. The fraction of sp³-hybridized carbons (Fsp3) is 0.292. The van der Waals surface area contributed by atoms with E-state index in [0.717, 1.165) is 25.2 Å². The number of hydrogen-bond donors (Lipinski definition) is 2. The smallest absolute Gasteiger partial charge is 0.278 e. The van der Waals surface area contributed by atoms with E-state index in [9.17, 15) is 9.59 Å². The summed E-state index contributed by atoms with van der Waals surface area (Å²) in [4.78, 5) is 40.5. The van der Waals surface area contributed by atoms with Crippen LogP contribution >= 0.6 is 0 Å². The van der Waals surface area contributed by atoms with Crippen molar-refractivity contribution in [3.8, 4) is 5.82 Å². The van der Waals surface area contributed by atoms with Gasteiger partial charge in [0.25, 0.3) is 11.5 Å². The third-order valence-corrected chi connectivity index (χ3v) is 5.90. The van der Waals surface area contributed by atoms with Gasteiger partial charge in [-0.05, 0) is 55.3 Å². The van der Waals surface area contributed by atoms with Crippen molar-refractivity contribution in [2.75, 3.05) is 26.0 Å². The van der Waals surface area contributed by atoms with Gasteiger partial charge in [-0.25, -0.2) is 19.3 Å². The van der Waals surface area contributed by atoms with Gasteiger partial charge in [0.05, 0.1) is 0 Å². The molecule has 0 spiro atoms. The summed E-state index contributed by atoms with van der Waals surface area (Å²) in [5.41, 5.74) is 3.96. The Hall–Kier alpha value is -4.05. The van der Waals surface area contributed by atoms with Crippen molar-refractivity contribution in [1.29, 1.82) is 0 Å². The van der Waals surface area contributed by atoms with Gasteiger partial charge in [-0.2, -0.15) is 4.98 Å². The lowest BCUT2D eigenvalue weighted by atomic mass is 10.0. The molecule has 3 aromatic heterocycles. The number of aromatic nitrogens is 5. The van der Waals surface area contributed by atoms with Crippen LogP contribution < -0.4 is 16.2 Å².